The predicted octanol–water partition coefficient (Wildman–Crippen LogP) is 4.21. The first-order valence-electron chi connectivity index (χ1n) is 8.81. The molecule has 0 spiro atoms. The summed E-state index contributed by atoms with van der Waals surface area (Å²) in [6.07, 6.45) is 7.02. The van der Waals surface area contributed by atoms with Gasteiger partial charge in [-0.1, -0.05) is 24.4 Å². The van der Waals surface area contributed by atoms with Crippen molar-refractivity contribution in [1.29, 1.82) is 0 Å². The molecule has 2 aliphatic rings. The van der Waals surface area contributed by atoms with Crippen molar-refractivity contribution >= 4 is 17.6 Å². The van der Waals surface area contributed by atoms with Crippen molar-refractivity contribution in [1.82, 2.24) is 9.88 Å². The fourth-order valence-electron chi connectivity index (χ4n) is 4.31. The van der Waals surface area contributed by atoms with Gasteiger partial charge in [-0.15, -0.1) is 0 Å². The van der Waals surface area contributed by atoms with E-state index in [0.29, 0.717) is 35.2 Å². The SMILES string of the molecule is O=C(O)[C@@H]1C[C@H]2CCCC[C@H]2N1Cc1ncc(-c2ccc(Cl)cc2)o1. The lowest BCUT2D eigenvalue weighted by molar-refractivity contribution is -0.143. The first-order valence-corrected chi connectivity index (χ1v) is 9.19. The zero-order chi connectivity index (χ0) is 17.4. The molecular formula is C19H21ClN2O3. The topological polar surface area (TPSA) is 66.6 Å². The lowest BCUT2D eigenvalue weighted by Crippen LogP contribution is -2.41. The van der Waals surface area contributed by atoms with E-state index in [1.54, 1.807) is 6.20 Å². The number of rotatable bonds is 4. The van der Waals surface area contributed by atoms with Gasteiger partial charge in [0.15, 0.2) is 5.76 Å². The normalized spacial score (nSPS) is 26.5. The van der Waals surface area contributed by atoms with Crippen LogP contribution >= 0.6 is 11.6 Å². The third kappa shape index (κ3) is 3.31. The van der Waals surface area contributed by atoms with Crippen LogP contribution in [0.3, 0.4) is 0 Å². The number of hydrogen-bond acceptors (Lipinski definition) is 4. The van der Waals surface area contributed by atoms with E-state index in [0.717, 1.165) is 24.8 Å². The summed E-state index contributed by atoms with van der Waals surface area (Å²) in [6.45, 7) is 0.450. The van der Waals surface area contributed by atoms with E-state index in [1.165, 1.54) is 12.8 Å². The molecule has 0 unspecified atom stereocenters. The highest BCUT2D eigenvalue weighted by Gasteiger charge is 2.45. The van der Waals surface area contributed by atoms with Crippen molar-refractivity contribution in [2.24, 2.45) is 5.92 Å². The summed E-state index contributed by atoms with van der Waals surface area (Å²) in [4.78, 5) is 18.2. The second kappa shape index (κ2) is 6.81. The Labute approximate surface area is 151 Å². The number of benzene rings is 1. The van der Waals surface area contributed by atoms with Gasteiger partial charge in [-0.05, 0) is 49.4 Å². The zero-order valence-electron chi connectivity index (χ0n) is 13.9. The van der Waals surface area contributed by atoms with Crippen LogP contribution in [0.1, 0.15) is 38.0 Å². The molecule has 1 aromatic heterocycles. The molecule has 1 aliphatic heterocycles. The van der Waals surface area contributed by atoms with Crippen LogP contribution in [0.25, 0.3) is 11.3 Å². The largest absolute Gasteiger partial charge is 0.480 e. The Morgan fingerprint density at radius 1 is 1.28 bits per heavy atom. The number of aliphatic carboxylic acids is 1. The maximum atomic E-state index is 11.7. The van der Waals surface area contributed by atoms with Crippen LogP contribution in [-0.2, 0) is 11.3 Å². The highest BCUT2D eigenvalue weighted by atomic mass is 35.5. The molecule has 25 heavy (non-hydrogen) atoms. The molecule has 5 nitrogen and oxygen atoms in total. The van der Waals surface area contributed by atoms with E-state index in [2.05, 4.69) is 9.88 Å². The van der Waals surface area contributed by atoms with Crippen molar-refractivity contribution in [2.75, 3.05) is 0 Å². The van der Waals surface area contributed by atoms with E-state index < -0.39 is 12.0 Å². The van der Waals surface area contributed by atoms with Gasteiger partial charge in [-0.25, -0.2) is 4.98 Å². The molecule has 4 rings (SSSR count). The number of carboxylic acid groups (broad SMARTS) is 1. The molecule has 0 bridgehead atoms. The van der Waals surface area contributed by atoms with E-state index in [4.69, 9.17) is 16.0 Å². The van der Waals surface area contributed by atoms with E-state index >= 15 is 0 Å². The molecule has 132 valence electrons. The highest BCUT2D eigenvalue weighted by Crippen LogP contribution is 2.40. The minimum atomic E-state index is -0.737. The second-order valence-electron chi connectivity index (χ2n) is 7.00. The van der Waals surface area contributed by atoms with Gasteiger partial charge in [0.2, 0.25) is 5.89 Å². The number of carbonyl (C=O) groups is 1. The summed E-state index contributed by atoms with van der Waals surface area (Å²) in [7, 11) is 0. The van der Waals surface area contributed by atoms with Crippen LogP contribution < -0.4 is 0 Å². The molecule has 1 aliphatic carbocycles. The number of aromatic nitrogens is 1. The van der Waals surface area contributed by atoms with Gasteiger partial charge in [0.1, 0.15) is 6.04 Å². The fraction of sp³-hybridized carbons (Fsp3) is 0.474. The Balaban J connectivity index is 1.54. The molecular weight excluding hydrogens is 340 g/mol. The Morgan fingerprint density at radius 2 is 2.04 bits per heavy atom. The maximum absolute atomic E-state index is 11.7. The average Bonchev–Trinajstić information content (AvgIpc) is 3.21. The molecule has 1 saturated carbocycles. The van der Waals surface area contributed by atoms with Crippen molar-refractivity contribution in [2.45, 2.75) is 50.7 Å². The monoisotopic (exact) mass is 360 g/mol. The van der Waals surface area contributed by atoms with Crippen molar-refractivity contribution in [3.8, 4) is 11.3 Å². The maximum Gasteiger partial charge on any atom is 0.320 e. The van der Waals surface area contributed by atoms with Gasteiger partial charge in [0.25, 0.3) is 0 Å². The van der Waals surface area contributed by atoms with Crippen molar-refractivity contribution in [3.63, 3.8) is 0 Å². The Kier molecular flexibility index (Phi) is 4.52. The molecule has 1 saturated heterocycles. The Morgan fingerprint density at radius 3 is 2.80 bits per heavy atom. The first kappa shape index (κ1) is 16.6. The summed E-state index contributed by atoms with van der Waals surface area (Å²) in [5, 5.41) is 10.3. The van der Waals surface area contributed by atoms with Crippen LogP contribution in [0.5, 0.6) is 0 Å². The number of carboxylic acids is 1. The number of likely N-dealkylation sites (tertiary alicyclic amines) is 1. The number of oxazole rings is 1. The molecule has 2 aromatic rings. The number of nitrogens with zero attached hydrogens (tertiary/aromatic N) is 2. The second-order valence-corrected chi connectivity index (χ2v) is 7.44. The van der Waals surface area contributed by atoms with E-state index in [-0.39, 0.29) is 0 Å². The molecule has 0 amide bonds. The molecule has 2 fully saturated rings. The molecule has 1 aromatic carbocycles. The van der Waals surface area contributed by atoms with Gasteiger partial charge in [-0.2, -0.15) is 0 Å². The lowest BCUT2D eigenvalue weighted by Gasteiger charge is -2.32. The Hall–Kier alpha value is -1.85. The summed E-state index contributed by atoms with van der Waals surface area (Å²) < 4.78 is 5.89. The number of hydrogen-bond donors (Lipinski definition) is 1. The van der Waals surface area contributed by atoms with Gasteiger partial charge in [-0.3, -0.25) is 9.69 Å². The van der Waals surface area contributed by atoms with Crippen LogP contribution in [0.4, 0.5) is 0 Å². The quantitative estimate of drug-likeness (QED) is 0.884. The smallest absolute Gasteiger partial charge is 0.320 e. The van der Waals surface area contributed by atoms with E-state index in [9.17, 15) is 9.90 Å². The Bertz CT molecular complexity index is 758. The van der Waals surface area contributed by atoms with Gasteiger partial charge in [0, 0.05) is 16.6 Å². The van der Waals surface area contributed by atoms with Crippen LogP contribution in [0, 0.1) is 5.92 Å². The molecule has 0 radical (unpaired) electrons. The summed E-state index contributed by atoms with van der Waals surface area (Å²) in [6, 6.07) is 7.30. The number of fused-ring (bicyclic) bond motifs is 1. The van der Waals surface area contributed by atoms with Gasteiger partial charge >= 0.3 is 5.97 Å². The van der Waals surface area contributed by atoms with Gasteiger partial charge in [0.05, 0.1) is 12.7 Å². The minimum absolute atomic E-state index is 0.334. The van der Waals surface area contributed by atoms with Crippen LogP contribution in [0.15, 0.2) is 34.9 Å². The summed E-state index contributed by atoms with van der Waals surface area (Å²) in [5.74, 6) is 1.000. The van der Waals surface area contributed by atoms with E-state index in [1.807, 2.05) is 24.3 Å². The number of halogens is 1. The lowest BCUT2D eigenvalue weighted by atomic mass is 9.85. The fourth-order valence-corrected chi connectivity index (χ4v) is 4.44. The van der Waals surface area contributed by atoms with Crippen molar-refractivity contribution < 1.29 is 14.3 Å². The molecule has 3 atom stereocenters. The van der Waals surface area contributed by atoms with Crippen LogP contribution in [0.2, 0.25) is 5.02 Å². The zero-order valence-corrected chi connectivity index (χ0v) is 14.7. The highest BCUT2D eigenvalue weighted by molar-refractivity contribution is 6.30. The predicted molar refractivity (Wildman–Crippen MR) is 94.3 cm³/mol. The minimum Gasteiger partial charge on any atom is -0.480 e. The molecule has 6 heteroatoms. The van der Waals surface area contributed by atoms with Gasteiger partial charge < -0.3 is 9.52 Å². The third-order valence-electron chi connectivity index (χ3n) is 5.51. The third-order valence-corrected chi connectivity index (χ3v) is 5.76. The first-order chi connectivity index (χ1) is 12.1. The molecule has 1 N–H and O–H groups in total. The summed E-state index contributed by atoms with van der Waals surface area (Å²) >= 11 is 5.92. The average molecular weight is 361 g/mol. The van der Waals surface area contributed by atoms with Crippen LogP contribution in [-0.4, -0.2) is 33.0 Å². The van der Waals surface area contributed by atoms with Crippen molar-refractivity contribution in [3.05, 3.63) is 41.4 Å². The standard InChI is InChI=1S/C19H21ClN2O3/c20-14-7-5-12(6-8-14)17-10-21-18(25-17)11-22-15-4-2-1-3-13(15)9-16(22)19(23)24/h5-8,10,13,15-16H,1-4,9,11H2,(H,23,24)/t13-,15-,16+/m1/s1. The molecule has 2 heterocycles. The summed E-state index contributed by atoms with van der Waals surface area (Å²) in [5.41, 5.74) is 0.912.